The average Bonchev–Trinajstić information content (AvgIpc) is 3.12. The molecule has 0 aliphatic heterocycles. The lowest BCUT2D eigenvalue weighted by atomic mass is 10.1. The highest BCUT2D eigenvalue weighted by Crippen LogP contribution is 2.30. The average molecular weight is 526 g/mol. The van der Waals surface area contributed by atoms with Gasteiger partial charge in [-0.25, -0.2) is 0 Å². The van der Waals surface area contributed by atoms with Crippen molar-refractivity contribution in [2.75, 3.05) is 11.1 Å². The van der Waals surface area contributed by atoms with Gasteiger partial charge >= 0.3 is 0 Å². The van der Waals surface area contributed by atoms with Crippen molar-refractivity contribution in [3.63, 3.8) is 0 Å². The summed E-state index contributed by atoms with van der Waals surface area (Å²) in [6.07, 6.45) is 1.75. The number of benzene rings is 2. The molecule has 0 saturated heterocycles. The van der Waals surface area contributed by atoms with Crippen LogP contribution in [0.1, 0.15) is 11.1 Å². The van der Waals surface area contributed by atoms with E-state index in [1.807, 2.05) is 36.6 Å². The number of rotatable bonds is 7. The van der Waals surface area contributed by atoms with E-state index in [2.05, 4.69) is 38.0 Å². The van der Waals surface area contributed by atoms with Crippen LogP contribution in [0.15, 0.2) is 52.6 Å². The third-order valence-corrected chi connectivity index (χ3v) is 7.10. The maximum Gasteiger partial charge on any atom is 0.234 e. The molecule has 0 fully saturated rings. The third kappa shape index (κ3) is 5.09. The van der Waals surface area contributed by atoms with Gasteiger partial charge in [0.1, 0.15) is 0 Å². The lowest BCUT2D eigenvalue weighted by Gasteiger charge is -2.12. The Balaban J connectivity index is 1.76. The highest BCUT2D eigenvalue weighted by atomic mass is 79.9. The first-order chi connectivity index (χ1) is 14.3. The van der Waals surface area contributed by atoms with Gasteiger partial charge in [0.05, 0.1) is 15.8 Å². The van der Waals surface area contributed by atoms with E-state index in [0.717, 1.165) is 26.9 Å². The van der Waals surface area contributed by atoms with Crippen molar-refractivity contribution in [2.24, 2.45) is 0 Å². The molecule has 156 valence electrons. The number of carbonyl (C=O) groups excluding carboxylic acids is 1. The molecule has 1 N–H and O–H groups in total. The van der Waals surface area contributed by atoms with Gasteiger partial charge in [-0.15, -0.1) is 16.8 Å². The summed E-state index contributed by atoms with van der Waals surface area (Å²) < 4.78 is 2.90. The summed E-state index contributed by atoms with van der Waals surface area (Å²) in [6.45, 7) is 8.29. The van der Waals surface area contributed by atoms with Crippen LogP contribution in [-0.4, -0.2) is 26.4 Å². The van der Waals surface area contributed by atoms with Gasteiger partial charge in [-0.05, 0) is 55.3 Å². The monoisotopic (exact) mass is 524 g/mol. The Hall–Kier alpha value is -1.80. The van der Waals surface area contributed by atoms with Crippen LogP contribution >= 0.6 is 50.9 Å². The number of hydrogen-bond donors (Lipinski definition) is 1. The molecule has 0 atom stereocenters. The number of allylic oxidation sites excluding steroid dienone is 1. The summed E-state index contributed by atoms with van der Waals surface area (Å²) >= 11 is 17.0. The molecule has 0 aliphatic carbocycles. The molecule has 0 spiro atoms. The molecule has 3 aromatic rings. The van der Waals surface area contributed by atoms with Crippen molar-refractivity contribution in [1.29, 1.82) is 0 Å². The van der Waals surface area contributed by atoms with Gasteiger partial charge in [0.15, 0.2) is 11.0 Å². The van der Waals surface area contributed by atoms with E-state index < -0.39 is 0 Å². The van der Waals surface area contributed by atoms with Crippen LogP contribution in [0, 0.1) is 13.8 Å². The Bertz CT molecular complexity index is 1120. The van der Waals surface area contributed by atoms with E-state index in [9.17, 15) is 4.79 Å². The Morgan fingerprint density at radius 3 is 2.67 bits per heavy atom. The van der Waals surface area contributed by atoms with Crippen LogP contribution in [0.3, 0.4) is 0 Å². The summed E-state index contributed by atoms with van der Waals surface area (Å²) in [5.41, 5.74) is 3.71. The van der Waals surface area contributed by atoms with Crippen molar-refractivity contribution in [1.82, 2.24) is 14.8 Å². The number of thioether (sulfide) groups is 1. The largest absolute Gasteiger partial charge is 0.325 e. The van der Waals surface area contributed by atoms with E-state index in [1.54, 1.807) is 18.2 Å². The van der Waals surface area contributed by atoms with Crippen LogP contribution in [0.25, 0.3) is 11.4 Å². The van der Waals surface area contributed by atoms with Gasteiger partial charge in [0.25, 0.3) is 0 Å². The Morgan fingerprint density at radius 1 is 1.20 bits per heavy atom. The lowest BCUT2D eigenvalue weighted by molar-refractivity contribution is -0.113. The minimum atomic E-state index is -0.117. The molecule has 1 amide bonds. The zero-order valence-electron chi connectivity index (χ0n) is 16.4. The zero-order chi connectivity index (χ0) is 21.8. The second kappa shape index (κ2) is 10.0. The fraction of sp³-hybridized carbons (Fsp3) is 0.190. The SMILES string of the molecule is C=CCn1c(SCC(=O)Nc2ccc(Br)c(C)c2C)nnc1-c1ccc(Cl)c(Cl)c1. The van der Waals surface area contributed by atoms with Crippen LogP contribution in [0.5, 0.6) is 0 Å². The Morgan fingerprint density at radius 2 is 1.97 bits per heavy atom. The number of carbonyl (C=O) groups is 1. The summed E-state index contributed by atoms with van der Waals surface area (Å²) in [5.74, 6) is 0.718. The fourth-order valence-corrected chi connectivity index (χ4v) is 4.25. The van der Waals surface area contributed by atoms with Crippen LogP contribution in [0.2, 0.25) is 10.0 Å². The number of nitrogens with one attached hydrogen (secondary N) is 1. The summed E-state index contributed by atoms with van der Waals surface area (Å²) in [4.78, 5) is 12.5. The first kappa shape index (κ1) is 22.9. The molecular weight excluding hydrogens is 507 g/mol. The second-order valence-corrected chi connectivity index (χ2v) is 9.13. The van der Waals surface area contributed by atoms with Crippen molar-refractivity contribution in [3.05, 3.63) is 68.6 Å². The second-order valence-electron chi connectivity index (χ2n) is 6.52. The van der Waals surface area contributed by atoms with Crippen molar-refractivity contribution >= 4 is 62.5 Å². The van der Waals surface area contributed by atoms with E-state index in [0.29, 0.717) is 27.6 Å². The number of aromatic nitrogens is 3. The Kier molecular flexibility index (Phi) is 7.63. The summed E-state index contributed by atoms with van der Waals surface area (Å²) in [5, 5.41) is 13.0. The first-order valence-corrected chi connectivity index (χ1v) is 11.5. The molecule has 5 nitrogen and oxygen atoms in total. The molecule has 30 heavy (non-hydrogen) atoms. The van der Waals surface area contributed by atoms with Gasteiger partial charge in [-0.1, -0.05) is 57.0 Å². The Labute approximate surface area is 198 Å². The molecule has 0 bridgehead atoms. The molecule has 0 unspecified atom stereocenters. The van der Waals surface area contributed by atoms with Gasteiger partial charge in [-0.2, -0.15) is 0 Å². The lowest BCUT2D eigenvalue weighted by Crippen LogP contribution is -2.15. The van der Waals surface area contributed by atoms with E-state index in [4.69, 9.17) is 23.2 Å². The quantitative estimate of drug-likeness (QED) is 0.280. The predicted molar refractivity (Wildman–Crippen MR) is 129 cm³/mol. The zero-order valence-corrected chi connectivity index (χ0v) is 20.3. The molecule has 0 radical (unpaired) electrons. The summed E-state index contributed by atoms with van der Waals surface area (Å²) in [6, 6.07) is 9.10. The van der Waals surface area contributed by atoms with E-state index in [-0.39, 0.29) is 11.7 Å². The molecule has 9 heteroatoms. The van der Waals surface area contributed by atoms with Crippen molar-refractivity contribution in [2.45, 2.75) is 25.5 Å². The molecule has 1 aromatic heterocycles. The maximum atomic E-state index is 12.5. The minimum absolute atomic E-state index is 0.117. The predicted octanol–water partition coefficient (Wildman–Crippen LogP) is 6.55. The smallest absolute Gasteiger partial charge is 0.234 e. The van der Waals surface area contributed by atoms with E-state index >= 15 is 0 Å². The number of hydrogen-bond acceptors (Lipinski definition) is 4. The van der Waals surface area contributed by atoms with Gasteiger partial charge < -0.3 is 5.32 Å². The van der Waals surface area contributed by atoms with Gasteiger partial charge in [0.2, 0.25) is 5.91 Å². The normalized spacial score (nSPS) is 10.8. The number of amides is 1. The number of nitrogens with zero attached hydrogens (tertiary/aromatic N) is 3. The number of halogens is 3. The molecule has 3 rings (SSSR count). The molecular formula is C21H19BrCl2N4OS. The third-order valence-electron chi connectivity index (χ3n) is 4.53. The molecule has 0 saturated carbocycles. The van der Waals surface area contributed by atoms with E-state index in [1.165, 1.54) is 11.8 Å². The maximum absolute atomic E-state index is 12.5. The summed E-state index contributed by atoms with van der Waals surface area (Å²) in [7, 11) is 0. The topological polar surface area (TPSA) is 59.8 Å². The van der Waals surface area contributed by atoms with Gasteiger partial charge in [-0.3, -0.25) is 9.36 Å². The molecule has 1 heterocycles. The van der Waals surface area contributed by atoms with Crippen LogP contribution < -0.4 is 5.32 Å². The highest BCUT2D eigenvalue weighted by molar-refractivity contribution is 9.10. The molecule has 0 aliphatic rings. The number of anilines is 1. The molecule has 2 aromatic carbocycles. The first-order valence-electron chi connectivity index (χ1n) is 8.99. The van der Waals surface area contributed by atoms with Gasteiger partial charge in [0, 0.05) is 22.3 Å². The van der Waals surface area contributed by atoms with Crippen LogP contribution in [-0.2, 0) is 11.3 Å². The van der Waals surface area contributed by atoms with Crippen molar-refractivity contribution in [3.8, 4) is 11.4 Å². The fourth-order valence-electron chi connectivity index (χ4n) is 2.78. The highest BCUT2D eigenvalue weighted by Gasteiger charge is 2.16. The standard InChI is InChI=1S/C21H19BrCl2N4OS/c1-4-9-28-20(14-5-7-16(23)17(24)10-14)26-27-21(28)30-11-19(29)25-18-8-6-15(22)12(2)13(18)3/h4-8,10H,1,9,11H2,2-3H3,(H,25,29). The van der Waals surface area contributed by atoms with Crippen molar-refractivity contribution < 1.29 is 4.79 Å². The van der Waals surface area contributed by atoms with Crippen LogP contribution in [0.4, 0.5) is 5.69 Å². The minimum Gasteiger partial charge on any atom is -0.325 e.